The van der Waals surface area contributed by atoms with Crippen molar-refractivity contribution in [1.82, 2.24) is 4.98 Å². The molecule has 7 nitrogen and oxygen atoms in total. The van der Waals surface area contributed by atoms with Crippen LogP contribution >= 0.6 is 0 Å². The van der Waals surface area contributed by atoms with Crippen LogP contribution in [0.3, 0.4) is 0 Å². The zero-order valence-electron chi connectivity index (χ0n) is 16.9. The molecule has 1 saturated carbocycles. The molecule has 3 N–H and O–H groups in total. The molecule has 7 heteroatoms. The van der Waals surface area contributed by atoms with E-state index in [-0.39, 0.29) is 5.41 Å². The second kappa shape index (κ2) is 7.52. The third-order valence-electron chi connectivity index (χ3n) is 6.72. The van der Waals surface area contributed by atoms with Gasteiger partial charge in [-0.3, -0.25) is 4.79 Å². The molecule has 1 aromatic heterocycles. The lowest BCUT2D eigenvalue weighted by Crippen LogP contribution is -2.31. The SMILES string of the molecule is CCc1c(-c2ccc(N3CC4CCCCC4(C#N)C3)cc2)[nH]c(=O)c(C(=O)O)c1O. The van der Waals surface area contributed by atoms with E-state index in [2.05, 4.69) is 16.0 Å². The van der Waals surface area contributed by atoms with Crippen LogP contribution in [0, 0.1) is 22.7 Å². The number of carboxylic acid groups (broad SMARTS) is 1. The summed E-state index contributed by atoms with van der Waals surface area (Å²) < 4.78 is 0. The quantitative estimate of drug-likeness (QED) is 0.714. The summed E-state index contributed by atoms with van der Waals surface area (Å²) >= 11 is 0. The number of anilines is 1. The van der Waals surface area contributed by atoms with E-state index in [9.17, 15) is 25.1 Å². The molecule has 1 aliphatic heterocycles. The first-order valence-electron chi connectivity index (χ1n) is 10.4. The number of nitriles is 1. The lowest BCUT2D eigenvalue weighted by Gasteiger charge is -2.31. The zero-order chi connectivity index (χ0) is 21.5. The predicted molar refractivity (Wildman–Crippen MR) is 113 cm³/mol. The third kappa shape index (κ3) is 3.13. The third-order valence-corrected chi connectivity index (χ3v) is 6.72. The number of hydrogen-bond acceptors (Lipinski definition) is 5. The summed E-state index contributed by atoms with van der Waals surface area (Å²) in [5.74, 6) is -1.53. The van der Waals surface area contributed by atoms with Gasteiger partial charge in [-0.25, -0.2) is 4.79 Å². The number of rotatable bonds is 4. The Hall–Kier alpha value is -3.27. The predicted octanol–water partition coefficient (Wildman–Crippen LogP) is 3.53. The molecule has 30 heavy (non-hydrogen) atoms. The Bertz CT molecular complexity index is 1080. The van der Waals surface area contributed by atoms with Gasteiger partial charge in [0.05, 0.1) is 17.2 Å². The molecule has 156 valence electrons. The topological polar surface area (TPSA) is 117 Å². The van der Waals surface area contributed by atoms with Gasteiger partial charge < -0.3 is 20.1 Å². The maximum absolute atomic E-state index is 12.2. The maximum Gasteiger partial charge on any atom is 0.345 e. The summed E-state index contributed by atoms with van der Waals surface area (Å²) in [4.78, 5) is 28.4. The molecule has 2 aromatic rings. The number of benzene rings is 1. The summed E-state index contributed by atoms with van der Waals surface area (Å²) in [7, 11) is 0. The van der Waals surface area contributed by atoms with Crippen molar-refractivity contribution in [2.24, 2.45) is 11.3 Å². The average Bonchev–Trinajstić information content (AvgIpc) is 3.13. The normalized spacial score (nSPS) is 23.1. The van der Waals surface area contributed by atoms with E-state index >= 15 is 0 Å². The number of H-pyrrole nitrogens is 1. The minimum atomic E-state index is -1.45. The van der Waals surface area contributed by atoms with Gasteiger partial charge in [-0.1, -0.05) is 31.9 Å². The van der Waals surface area contributed by atoms with Crippen LogP contribution < -0.4 is 10.5 Å². The molecule has 2 unspecified atom stereocenters. The minimum Gasteiger partial charge on any atom is -0.506 e. The first-order valence-corrected chi connectivity index (χ1v) is 10.4. The molecule has 2 aliphatic rings. The number of aromatic nitrogens is 1. The van der Waals surface area contributed by atoms with E-state index in [1.807, 2.05) is 24.3 Å². The summed E-state index contributed by atoms with van der Waals surface area (Å²) in [5.41, 5.74) is 0.844. The largest absolute Gasteiger partial charge is 0.506 e. The van der Waals surface area contributed by atoms with Gasteiger partial charge in [0.2, 0.25) is 0 Å². The van der Waals surface area contributed by atoms with E-state index in [1.54, 1.807) is 6.92 Å². The van der Waals surface area contributed by atoms with Crippen LogP contribution in [0.15, 0.2) is 29.1 Å². The highest BCUT2D eigenvalue weighted by Gasteiger charge is 2.48. The summed E-state index contributed by atoms with van der Waals surface area (Å²) in [6, 6.07) is 10.2. The minimum absolute atomic E-state index is 0.254. The van der Waals surface area contributed by atoms with Gasteiger partial charge in [0.25, 0.3) is 5.56 Å². The van der Waals surface area contributed by atoms with Gasteiger partial charge in [0.15, 0.2) is 5.56 Å². The van der Waals surface area contributed by atoms with Crippen LogP contribution in [-0.2, 0) is 6.42 Å². The molecular formula is C23H25N3O4. The van der Waals surface area contributed by atoms with Crippen LogP contribution in [0.4, 0.5) is 5.69 Å². The Morgan fingerprint density at radius 2 is 2.07 bits per heavy atom. The molecule has 2 heterocycles. The van der Waals surface area contributed by atoms with Crippen molar-refractivity contribution in [3.05, 3.63) is 45.7 Å². The smallest absolute Gasteiger partial charge is 0.345 e. The van der Waals surface area contributed by atoms with E-state index in [1.165, 1.54) is 6.42 Å². The van der Waals surface area contributed by atoms with E-state index in [4.69, 9.17) is 0 Å². The van der Waals surface area contributed by atoms with Crippen molar-refractivity contribution in [2.45, 2.75) is 39.0 Å². The number of nitrogens with one attached hydrogen (secondary N) is 1. The first kappa shape index (κ1) is 20.0. The molecule has 1 saturated heterocycles. The van der Waals surface area contributed by atoms with Crippen LogP contribution in [0.5, 0.6) is 5.75 Å². The first-order chi connectivity index (χ1) is 14.4. The van der Waals surface area contributed by atoms with E-state index in [0.29, 0.717) is 29.2 Å². The van der Waals surface area contributed by atoms with Crippen LogP contribution in [0.2, 0.25) is 0 Å². The number of carboxylic acids is 1. The molecular weight excluding hydrogens is 382 g/mol. The second-order valence-corrected chi connectivity index (χ2v) is 8.33. The maximum atomic E-state index is 12.2. The number of fused-ring (bicyclic) bond motifs is 1. The highest BCUT2D eigenvalue weighted by molar-refractivity contribution is 5.92. The fourth-order valence-electron chi connectivity index (χ4n) is 5.09. The van der Waals surface area contributed by atoms with Crippen molar-refractivity contribution in [1.29, 1.82) is 5.26 Å². The van der Waals surface area contributed by atoms with Crippen molar-refractivity contribution < 1.29 is 15.0 Å². The average molecular weight is 407 g/mol. The Morgan fingerprint density at radius 1 is 1.33 bits per heavy atom. The van der Waals surface area contributed by atoms with Gasteiger partial charge in [0.1, 0.15) is 5.75 Å². The molecule has 0 amide bonds. The van der Waals surface area contributed by atoms with E-state index < -0.39 is 22.8 Å². The Kier molecular flexibility index (Phi) is 5.02. The van der Waals surface area contributed by atoms with Crippen molar-refractivity contribution in [3.8, 4) is 23.1 Å². The molecule has 2 fully saturated rings. The highest BCUT2D eigenvalue weighted by Crippen LogP contribution is 2.47. The molecule has 0 radical (unpaired) electrons. The van der Waals surface area contributed by atoms with Crippen LogP contribution in [-0.4, -0.2) is 34.3 Å². The Balaban J connectivity index is 1.66. The number of aromatic amines is 1. The van der Waals surface area contributed by atoms with Gasteiger partial charge in [-0.05, 0) is 42.9 Å². The monoisotopic (exact) mass is 407 g/mol. The molecule has 4 rings (SSSR count). The van der Waals surface area contributed by atoms with Gasteiger partial charge in [0, 0.05) is 24.3 Å². The molecule has 0 spiro atoms. The second-order valence-electron chi connectivity index (χ2n) is 8.33. The standard InChI is InChI=1S/C23H25N3O4/c1-2-17-19(25-21(28)18(20(17)27)22(29)30)14-6-8-16(9-7-14)26-11-15-5-3-4-10-23(15,12-24)13-26/h6-9,15H,2-5,10-11,13H2,1H3,(H,29,30)(H2,25,27,28). The molecule has 0 bridgehead atoms. The van der Waals surface area contributed by atoms with Crippen LogP contribution in [0.1, 0.15) is 48.5 Å². The van der Waals surface area contributed by atoms with Crippen molar-refractivity contribution in [3.63, 3.8) is 0 Å². The van der Waals surface area contributed by atoms with Gasteiger partial charge >= 0.3 is 5.97 Å². The molecule has 1 aliphatic carbocycles. The van der Waals surface area contributed by atoms with Gasteiger partial charge in [-0.2, -0.15) is 5.26 Å². The number of pyridine rings is 1. The fraction of sp³-hybridized carbons (Fsp3) is 0.435. The van der Waals surface area contributed by atoms with Crippen molar-refractivity contribution in [2.75, 3.05) is 18.0 Å². The zero-order valence-corrected chi connectivity index (χ0v) is 16.9. The summed E-state index contributed by atoms with van der Waals surface area (Å²) in [6.07, 6.45) is 4.72. The number of aromatic carboxylic acids is 1. The lowest BCUT2D eigenvalue weighted by molar-refractivity contribution is 0.0691. The number of nitrogens with zero attached hydrogens (tertiary/aromatic N) is 2. The number of aromatic hydroxyl groups is 1. The number of carbonyl (C=O) groups is 1. The van der Waals surface area contributed by atoms with Gasteiger partial charge in [-0.15, -0.1) is 0 Å². The fourth-order valence-corrected chi connectivity index (χ4v) is 5.09. The Labute approximate surface area is 174 Å². The lowest BCUT2D eigenvalue weighted by atomic mass is 9.69. The van der Waals surface area contributed by atoms with E-state index in [0.717, 1.165) is 38.0 Å². The highest BCUT2D eigenvalue weighted by atomic mass is 16.4. The summed E-state index contributed by atoms with van der Waals surface area (Å²) in [6.45, 7) is 3.40. The molecule has 1 aromatic carbocycles. The van der Waals surface area contributed by atoms with Crippen molar-refractivity contribution >= 4 is 11.7 Å². The molecule has 2 atom stereocenters. The van der Waals surface area contributed by atoms with Crippen LogP contribution in [0.25, 0.3) is 11.3 Å². The summed E-state index contributed by atoms with van der Waals surface area (Å²) in [5, 5.41) is 29.4. The Morgan fingerprint density at radius 3 is 2.67 bits per heavy atom. The number of hydrogen-bond donors (Lipinski definition) is 3.